The summed E-state index contributed by atoms with van der Waals surface area (Å²) in [6.07, 6.45) is 3.35. The SMILES string of the molecule is Cn1cc(CNS(=O)(=O)c2c(Br)cc(N)cc2Br)cn1. The summed E-state index contributed by atoms with van der Waals surface area (Å²) in [6, 6.07) is 3.09. The molecule has 0 aliphatic heterocycles. The normalized spacial score (nSPS) is 11.8. The number of halogens is 2. The Kier molecular flexibility index (Phi) is 4.52. The molecule has 0 aliphatic rings. The molecule has 0 saturated heterocycles. The molecule has 108 valence electrons. The van der Waals surface area contributed by atoms with Crippen LogP contribution in [0.3, 0.4) is 0 Å². The van der Waals surface area contributed by atoms with E-state index in [-0.39, 0.29) is 11.4 Å². The summed E-state index contributed by atoms with van der Waals surface area (Å²) in [5, 5.41) is 3.98. The molecular weight excluding hydrogens is 412 g/mol. The fraction of sp³-hybridized carbons (Fsp3) is 0.182. The van der Waals surface area contributed by atoms with Crippen molar-refractivity contribution in [1.82, 2.24) is 14.5 Å². The summed E-state index contributed by atoms with van der Waals surface area (Å²) >= 11 is 6.44. The summed E-state index contributed by atoms with van der Waals surface area (Å²) in [6.45, 7) is 0.166. The van der Waals surface area contributed by atoms with Gasteiger partial charge >= 0.3 is 0 Å². The van der Waals surface area contributed by atoms with Gasteiger partial charge in [-0.3, -0.25) is 4.68 Å². The largest absolute Gasteiger partial charge is 0.399 e. The zero-order valence-corrected chi connectivity index (χ0v) is 14.5. The molecule has 1 aromatic heterocycles. The second-order valence-electron chi connectivity index (χ2n) is 4.16. The van der Waals surface area contributed by atoms with E-state index in [1.54, 1.807) is 36.3 Å². The van der Waals surface area contributed by atoms with Gasteiger partial charge in [0.1, 0.15) is 4.90 Å². The number of anilines is 1. The van der Waals surface area contributed by atoms with Crippen molar-refractivity contribution in [3.05, 3.63) is 39.0 Å². The first kappa shape index (κ1) is 15.5. The highest BCUT2D eigenvalue weighted by Gasteiger charge is 2.21. The number of aromatic nitrogens is 2. The van der Waals surface area contributed by atoms with Crippen LogP contribution in [-0.4, -0.2) is 18.2 Å². The molecule has 0 spiro atoms. The van der Waals surface area contributed by atoms with Crippen LogP contribution in [0, 0.1) is 0 Å². The molecule has 0 radical (unpaired) electrons. The van der Waals surface area contributed by atoms with Crippen LogP contribution in [0.15, 0.2) is 38.4 Å². The van der Waals surface area contributed by atoms with Gasteiger partial charge in [0.15, 0.2) is 0 Å². The zero-order chi connectivity index (χ0) is 14.9. The summed E-state index contributed by atoms with van der Waals surface area (Å²) in [5.74, 6) is 0. The van der Waals surface area contributed by atoms with E-state index in [0.717, 1.165) is 5.56 Å². The maximum atomic E-state index is 12.3. The van der Waals surface area contributed by atoms with Crippen LogP contribution in [0.5, 0.6) is 0 Å². The number of aryl methyl sites for hydroxylation is 1. The molecule has 0 aliphatic carbocycles. The molecule has 20 heavy (non-hydrogen) atoms. The lowest BCUT2D eigenvalue weighted by Crippen LogP contribution is -2.24. The Bertz CT molecular complexity index is 720. The second-order valence-corrected chi connectivity index (χ2v) is 7.57. The lowest BCUT2D eigenvalue weighted by atomic mass is 10.3. The van der Waals surface area contributed by atoms with Crippen molar-refractivity contribution in [3.8, 4) is 0 Å². The Labute approximate surface area is 133 Å². The number of nitrogens with zero attached hydrogens (tertiary/aromatic N) is 2. The predicted molar refractivity (Wildman–Crippen MR) is 83.5 cm³/mol. The van der Waals surface area contributed by atoms with Crippen LogP contribution in [0.4, 0.5) is 5.69 Å². The molecule has 3 N–H and O–H groups in total. The summed E-state index contributed by atoms with van der Waals surface area (Å²) < 4.78 is 29.6. The molecule has 1 heterocycles. The number of sulfonamides is 1. The van der Waals surface area contributed by atoms with Gasteiger partial charge in [-0.2, -0.15) is 5.10 Å². The molecule has 0 atom stereocenters. The Morgan fingerprint density at radius 3 is 2.45 bits per heavy atom. The molecule has 0 amide bonds. The number of benzene rings is 1. The lowest BCUT2D eigenvalue weighted by molar-refractivity contribution is 0.580. The van der Waals surface area contributed by atoms with Gasteiger partial charge < -0.3 is 5.73 Å². The van der Waals surface area contributed by atoms with E-state index in [1.165, 1.54) is 0 Å². The minimum Gasteiger partial charge on any atom is -0.399 e. The van der Waals surface area contributed by atoms with Crippen LogP contribution in [0.25, 0.3) is 0 Å². The highest BCUT2D eigenvalue weighted by molar-refractivity contribution is 9.11. The Balaban J connectivity index is 2.27. The molecule has 0 fully saturated rings. The summed E-state index contributed by atoms with van der Waals surface area (Å²) in [7, 11) is -1.89. The predicted octanol–water partition coefficient (Wildman–Crippen LogP) is 2.01. The van der Waals surface area contributed by atoms with Crippen molar-refractivity contribution in [2.24, 2.45) is 7.05 Å². The minimum absolute atomic E-state index is 0.121. The Hall–Kier alpha value is -0.900. The van der Waals surface area contributed by atoms with Crippen molar-refractivity contribution >= 4 is 47.6 Å². The average molecular weight is 424 g/mol. The lowest BCUT2D eigenvalue weighted by Gasteiger charge is -2.10. The number of nitrogens with two attached hydrogens (primary N) is 1. The van der Waals surface area contributed by atoms with Crippen molar-refractivity contribution in [2.45, 2.75) is 11.4 Å². The van der Waals surface area contributed by atoms with Crippen molar-refractivity contribution in [3.63, 3.8) is 0 Å². The highest BCUT2D eigenvalue weighted by Crippen LogP contribution is 2.32. The van der Waals surface area contributed by atoms with Crippen LogP contribution in [0.1, 0.15) is 5.56 Å². The van der Waals surface area contributed by atoms with Crippen molar-refractivity contribution in [1.29, 1.82) is 0 Å². The zero-order valence-electron chi connectivity index (χ0n) is 10.5. The molecule has 1 aromatic carbocycles. The van der Waals surface area contributed by atoms with Gasteiger partial charge in [-0.05, 0) is 44.0 Å². The van der Waals surface area contributed by atoms with E-state index in [0.29, 0.717) is 14.6 Å². The van der Waals surface area contributed by atoms with E-state index in [2.05, 4.69) is 41.7 Å². The Morgan fingerprint density at radius 2 is 1.95 bits per heavy atom. The van der Waals surface area contributed by atoms with E-state index in [9.17, 15) is 8.42 Å². The molecule has 2 aromatic rings. The number of rotatable bonds is 4. The van der Waals surface area contributed by atoms with E-state index >= 15 is 0 Å². The molecule has 9 heteroatoms. The molecule has 0 bridgehead atoms. The first-order chi connectivity index (χ1) is 9.29. The third kappa shape index (κ3) is 3.40. The number of hydrogen-bond donors (Lipinski definition) is 2. The molecule has 6 nitrogen and oxygen atoms in total. The molecular formula is C11H12Br2N4O2S. The number of nitrogen functional groups attached to an aromatic ring is 1. The van der Waals surface area contributed by atoms with Crippen LogP contribution in [0.2, 0.25) is 0 Å². The number of nitrogens with one attached hydrogen (secondary N) is 1. The van der Waals surface area contributed by atoms with E-state index in [1.807, 2.05) is 0 Å². The fourth-order valence-corrected chi connectivity index (χ4v) is 5.28. The van der Waals surface area contributed by atoms with Gasteiger partial charge in [-0.15, -0.1) is 0 Å². The quantitative estimate of drug-likeness (QED) is 0.736. The fourth-order valence-electron chi connectivity index (χ4n) is 1.65. The third-order valence-electron chi connectivity index (χ3n) is 2.51. The first-order valence-electron chi connectivity index (χ1n) is 5.51. The summed E-state index contributed by atoms with van der Waals surface area (Å²) in [4.78, 5) is 0.121. The van der Waals surface area contributed by atoms with Gasteiger partial charge in [-0.25, -0.2) is 13.1 Å². The average Bonchev–Trinajstić information content (AvgIpc) is 2.71. The topological polar surface area (TPSA) is 90.0 Å². The smallest absolute Gasteiger partial charge is 0.243 e. The second kappa shape index (κ2) is 5.84. The highest BCUT2D eigenvalue weighted by atomic mass is 79.9. The van der Waals surface area contributed by atoms with Crippen molar-refractivity contribution in [2.75, 3.05) is 5.73 Å². The standard InChI is InChI=1S/C11H12Br2N4O2S/c1-17-6-7(4-15-17)5-16-20(18,19)11-9(12)2-8(14)3-10(11)13/h2-4,6,16H,5,14H2,1H3. The van der Waals surface area contributed by atoms with Crippen LogP contribution >= 0.6 is 31.9 Å². The van der Waals surface area contributed by atoms with Gasteiger partial charge in [0.05, 0.1) is 6.20 Å². The third-order valence-corrected chi connectivity index (χ3v) is 5.79. The molecule has 2 rings (SSSR count). The van der Waals surface area contributed by atoms with Gasteiger partial charge in [0, 0.05) is 40.0 Å². The van der Waals surface area contributed by atoms with Crippen molar-refractivity contribution < 1.29 is 8.42 Å². The van der Waals surface area contributed by atoms with Gasteiger partial charge in [0.25, 0.3) is 0 Å². The maximum Gasteiger partial charge on any atom is 0.243 e. The van der Waals surface area contributed by atoms with Gasteiger partial charge in [-0.1, -0.05) is 0 Å². The van der Waals surface area contributed by atoms with Crippen LogP contribution in [-0.2, 0) is 23.6 Å². The molecule has 0 unspecified atom stereocenters. The summed E-state index contributed by atoms with van der Waals surface area (Å²) in [5.41, 5.74) is 6.90. The van der Waals surface area contributed by atoms with Gasteiger partial charge in [0.2, 0.25) is 10.0 Å². The van der Waals surface area contributed by atoms with E-state index < -0.39 is 10.0 Å². The molecule has 0 saturated carbocycles. The Morgan fingerprint density at radius 1 is 1.35 bits per heavy atom. The first-order valence-corrected chi connectivity index (χ1v) is 8.58. The minimum atomic E-state index is -3.66. The van der Waals surface area contributed by atoms with Crippen LogP contribution < -0.4 is 10.5 Å². The monoisotopic (exact) mass is 422 g/mol. The number of hydrogen-bond acceptors (Lipinski definition) is 4. The van der Waals surface area contributed by atoms with E-state index in [4.69, 9.17) is 5.73 Å². The maximum absolute atomic E-state index is 12.3.